The number of nitrogens with one attached hydrogen (secondary N) is 1. The topological polar surface area (TPSA) is 49.4 Å². The number of hydrogen-bond donors (Lipinski definition) is 1. The summed E-state index contributed by atoms with van der Waals surface area (Å²) < 4.78 is 0. The minimum atomic E-state index is -0.139. The SMILES string of the molecule is C.C#C.CC(=O)C(C)(C)C.CC(C)=CCC/C(C)=C/CC/C(C)=C/CN1C(=O)c2cccc(C)c2Nc2c(C)cc(C)cc21. The van der Waals surface area contributed by atoms with E-state index in [2.05, 4.69) is 103 Å². The molecule has 0 radical (unpaired) electrons. The number of amides is 1. The van der Waals surface area contributed by atoms with Crippen molar-refractivity contribution in [2.24, 2.45) is 5.41 Å². The maximum Gasteiger partial charge on any atom is 0.260 e. The number of anilines is 3. The first kappa shape index (κ1) is 40.2. The Bertz CT molecular complexity index is 1380. The van der Waals surface area contributed by atoms with Crippen LogP contribution in [0.5, 0.6) is 0 Å². The third kappa shape index (κ3) is 12.4. The van der Waals surface area contributed by atoms with Gasteiger partial charge in [-0.05, 0) is 110 Å². The molecule has 0 aromatic heterocycles. The molecule has 2 aromatic rings. The maximum absolute atomic E-state index is 13.7. The van der Waals surface area contributed by atoms with Crippen LogP contribution in [0.15, 0.2) is 65.3 Å². The molecule has 0 bridgehead atoms. The summed E-state index contributed by atoms with van der Waals surface area (Å²) in [6.45, 7) is 22.9. The van der Waals surface area contributed by atoms with E-state index in [-0.39, 0.29) is 24.5 Å². The molecule has 1 heterocycles. The smallest absolute Gasteiger partial charge is 0.260 e. The van der Waals surface area contributed by atoms with Crippen LogP contribution in [-0.2, 0) is 4.79 Å². The Morgan fingerprint density at radius 1 is 0.841 bits per heavy atom. The average Bonchev–Trinajstić information content (AvgIpc) is 3.03. The molecule has 1 N–H and O–H groups in total. The van der Waals surface area contributed by atoms with Crippen molar-refractivity contribution < 1.29 is 9.59 Å². The van der Waals surface area contributed by atoms with Crippen LogP contribution >= 0.6 is 0 Å². The average molecular weight is 599 g/mol. The van der Waals surface area contributed by atoms with Crippen molar-refractivity contribution in [3.05, 3.63) is 87.5 Å². The molecular weight excluding hydrogens is 540 g/mol. The largest absolute Gasteiger partial charge is 0.353 e. The number of ketones is 1. The number of allylic oxidation sites excluding steroid dienone is 5. The third-order valence-corrected chi connectivity index (χ3v) is 7.55. The summed E-state index contributed by atoms with van der Waals surface area (Å²) in [6, 6.07) is 10.2. The van der Waals surface area contributed by atoms with Gasteiger partial charge in [0.1, 0.15) is 5.78 Å². The lowest BCUT2D eigenvalue weighted by atomic mass is 9.92. The number of nitrogens with zero attached hydrogens (tertiary/aromatic N) is 1. The quantitative estimate of drug-likeness (QED) is 0.243. The van der Waals surface area contributed by atoms with Crippen LogP contribution in [0.2, 0.25) is 0 Å². The number of benzene rings is 2. The van der Waals surface area contributed by atoms with Gasteiger partial charge < -0.3 is 10.2 Å². The summed E-state index contributed by atoms with van der Waals surface area (Å²) in [4.78, 5) is 26.1. The zero-order chi connectivity index (χ0) is 32.9. The predicted molar refractivity (Wildman–Crippen MR) is 194 cm³/mol. The molecule has 2 aromatic carbocycles. The van der Waals surface area contributed by atoms with E-state index in [0.29, 0.717) is 6.54 Å². The second-order valence-corrected chi connectivity index (χ2v) is 12.8. The highest BCUT2D eigenvalue weighted by Gasteiger charge is 2.28. The van der Waals surface area contributed by atoms with Gasteiger partial charge in [0.2, 0.25) is 0 Å². The van der Waals surface area contributed by atoms with E-state index >= 15 is 0 Å². The molecule has 240 valence electrons. The summed E-state index contributed by atoms with van der Waals surface area (Å²) >= 11 is 0. The van der Waals surface area contributed by atoms with Crippen molar-refractivity contribution >= 4 is 28.8 Å². The molecule has 1 amide bonds. The normalized spacial score (nSPS) is 12.5. The molecule has 0 unspecified atom stereocenters. The number of terminal acetylenes is 1. The van der Waals surface area contributed by atoms with Gasteiger partial charge in [-0.3, -0.25) is 9.59 Å². The lowest BCUT2D eigenvalue weighted by Gasteiger charge is -2.23. The highest BCUT2D eigenvalue weighted by molar-refractivity contribution is 6.14. The van der Waals surface area contributed by atoms with Gasteiger partial charge in [-0.2, -0.15) is 0 Å². The van der Waals surface area contributed by atoms with Crippen molar-refractivity contribution in [3.63, 3.8) is 0 Å². The fourth-order valence-electron chi connectivity index (χ4n) is 4.48. The van der Waals surface area contributed by atoms with E-state index in [1.165, 1.54) is 16.7 Å². The summed E-state index contributed by atoms with van der Waals surface area (Å²) in [5.41, 5.74) is 11.0. The zero-order valence-electron chi connectivity index (χ0n) is 28.6. The highest BCUT2D eigenvalue weighted by Crippen LogP contribution is 2.40. The Morgan fingerprint density at radius 2 is 1.39 bits per heavy atom. The van der Waals surface area contributed by atoms with E-state index in [9.17, 15) is 9.59 Å². The number of Topliss-reactive ketones (excluding diaryl/α,β-unsaturated/α-hetero) is 1. The van der Waals surface area contributed by atoms with Gasteiger partial charge in [-0.1, -0.05) is 81.3 Å². The summed E-state index contributed by atoms with van der Waals surface area (Å²) in [5.74, 6) is 0.293. The second kappa shape index (κ2) is 18.7. The predicted octanol–water partition coefficient (Wildman–Crippen LogP) is 11.2. The van der Waals surface area contributed by atoms with Crippen molar-refractivity contribution in [2.75, 3.05) is 16.8 Å². The number of rotatable bonds is 8. The minimum Gasteiger partial charge on any atom is -0.353 e. The van der Waals surface area contributed by atoms with Gasteiger partial charge in [-0.25, -0.2) is 0 Å². The Hall–Kier alpha value is -3.84. The lowest BCUT2D eigenvalue weighted by Crippen LogP contribution is -2.30. The molecule has 0 saturated heterocycles. The molecule has 3 rings (SSSR count). The Balaban J connectivity index is 0.00000163. The molecule has 4 nitrogen and oxygen atoms in total. The molecule has 0 fully saturated rings. The van der Waals surface area contributed by atoms with E-state index < -0.39 is 0 Å². The molecule has 1 aliphatic rings. The molecule has 44 heavy (non-hydrogen) atoms. The van der Waals surface area contributed by atoms with Gasteiger partial charge in [0.15, 0.2) is 0 Å². The fraction of sp³-hybridized carbons (Fsp3) is 0.450. The van der Waals surface area contributed by atoms with Crippen LogP contribution in [0.4, 0.5) is 17.1 Å². The molecule has 0 spiro atoms. The van der Waals surface area contributed by atoms with E-state index in [1.807, 2.05) is 37.8 Å². The number of fused-ring (bicyclic) bond motifs is 2. The molecule has 0 aliphatic carbocycles. The number of carbonyl (C=O) groups is 2. The zero-order valence-corrected chi connectivity index (χ0v) is 28.6. The first-order valence-corrected chi connectivity index (χ1v) is 15.2. The van der Waals surface area contributed by atoms with Gasteiger partial charge >= 0.3 is 0 Å². The fourth-order valence-corrected chi connectivity index (χ4v) is 4.48. The maximum atomic E-state index is 13.7. The van der Waals surface area contributed by atoms with Gasteiger partial charge in [0.05, 0.1) is 22.6 Å². The second-order valence-electron chi connectivity index (χ2n) is 12.8. The van der Waals surface area contributed by atoms with Gasteiger partial charge in [0.25, 0.3) is 5.91 Å². The Kier molecular flexibility index (Phi) is 17.1. The summed E-state index contributed by atoms with van der Waals surface area (Å²) in [6.07, 6.45) is 19.2. The van der Waals surface area contributed by atoms with Gasteiger partial charge in [0, 0.05) is 12.0 Å². The van der Waals surface area contributed by atoms with Crippen molar-refractivity contribution in [2.45, 2.75) is 109 Å². The van der Waals surface area contributed by atoms with Crippen LogP contribution in [-0.4, -0.2) is 18.2 Å². The minimum absolute atomic E-state index is 0. The van der Waals surface area contributed by atoms with E-state index in [0.717, 1.165) is 65.0 Å². The lowest BCUT2D eigenvalue weighted by molar-refractivity contribution is -0.124. The number of para-hydroxylation sites is 1. The number of hydrogen-bond acceptors (Lipinski definition) is 3. The molecule has 0 atom stereocenters. The van der Waals surface area contributed by atoms with Crippen molar-refractivity contribution in [1.29, 1.82) is 0 Å². The standard InChI is InChI=1S/C31H40N2O.C6H12O.C2H2.CH4/c1-21(2)11-8-12-22(3)13-9-14-23(4)17-18-33-28-20-24(5)19-26(7)30(28)32-29-25(6)15-10-16-27(29)31(33)34;1-5(7)6(2,3)4;1-2;/h10-11,13,15-17,19-20,32H,8-9,12,14,18H2,1-7H3;1-4H3;1-2H;1H4/b22-13+,23-17+;;;. The number of aryl methyl sites for hydroxylation is 3. The summed E-state index contributed by atoms with van der Waals surface area (Å²) in [7, 11) is 0. The van der Waals surface area contributed by atoms with Crippen LogP contribution in [0.3, 0.4) is 0 Å². The third-order valence-electron chi connectivity index (χ3n) is 7.55. The van der Waals surface area contributed by atoms with E-state index in [1.54, 1.807) is 6.92 Å². The molecule has 1 aliphatic heterocycles. The molecule has 0 saturated carbocycles. The first-order chi connectivity index (χ1) is 20.1. The monoisotopic (exact) mass is 598 g/mol. The Morgan fingerprint density at radius 3 is 1.93 bits per heavy atom. The van der Waals surface area contributed by atoms with Crippen LogP contribution in [0.25, 0.3) is 0 Å². The van der Waals surface area contributed by atoms with Crippen LogP contribution in [0.1, 0.15) is 116 Å². The summed E-state index contributed by atoms with van der Waals surface area (Å²) in [5, 5.41) is 3.59. The van der Waals surface area contributed by atoms with Crippen LogP contribution in [0, 0.1) is 39.0 Å². The highest BCUT2D eigenvalue weighted by atomic mass is 16.2. The van der Waals surface area contributed by atoms with E-state index in [4.69, 9.17) is 0 Å². The Labute approximate surface area is 269 Å². The van der Waals surface area contributed by atoms with Gasteiger partial charge in [-0.15, -0.1) is 12.8 Å². The van der Waals surface area contributed by atoms with Crippen molar-refractivity contribution in [3.8, 4) is 12.8 Å². The molecular formula is C40H58N2O2. The number of carbonyl (C=O) groups excluding carboxylic acids is 2. The van der Waals surface area contributed by atoms with Crippen molar-refractivity contribution in [1.82, 2.24) is 0 Å². The molecule has 4 heteroatoms. The van der Waals surface area contributed by atoms with Crippen LogP contribution < -0.4 is 10.2 Å². The first-order valence-electron chi connectivity index (χ1n) is 15.2.